The van der Waals surface area contributed by atoms with Crippen molar-refractivity contribution >= 4 is 35.6 Å². The van der Waals surface area contributed by atoms with Crippen molar-refractivity contribution < 1.29 is 9.84 Å². The molecule has 4 atom stereocenters. The summed E-state index contributed by atoms with van der Waals surface area (Å²) in [4.78, 5) is 12.5. The number of nitrogens with two attached hydrogens (primary N) is 2. The average molecular weight is 339 g/mol. The smallest absolute Gasteiger partial charge is 0.241 e. The lowest BCUT2D eigenvalue weighted by Crippen LogP contribution is -2.27. The van der Waals surface area contributed by atoms with E-state index in [4.69, 9.17) is 16.3 Å². The summed E-state index contributed by atoms with van der Waals surface area (Å²) in [6.45, 7) is 2.10. The van der Waals surface area contributed by atoms with E-state index in [1.165, 1.54) is 0 Å². The predicted molar refractivity (Wildman–Crippen MR) is 89.8 cm³/mol. The molecule has 1 aliphatic rings. The molecule has 6 N–H and O–H groups in total. The van der Waals surface area contributed by atoms with Gasteiger partial charge in [-0.15, -0.1) is 0 Å². The molecule has 2 aromatic rings. The van der Waals surface area contributed by atoms with E-state index in [0.717, 1.165) is 19.3 Å². The Morgan fingerprint density at radius 2 is 2.26 bits per heavy atom. The van der Waals surface area contributed by atoms with Crippen LogP contribution in [0.3, 0.4) is 0 Å². The molecule has 0 unspecified atom stereocenters. The van der Waals surface area contributed by atoms with Crippen LogP contribution in [-0.2, 0) is 4.74 Å². The number of anilines is 2. The van der Waals surface area contributed by atoms with Crippen LogP contribution in [-0.4, -0.2) is 42.1 Å². The summed E-state index contributed by atoms with van der Waals surface area (Å²) in [5.74, 6) is 5.77. The fraction of sp³-hybridized carbons (Fsp3) is 0.615. The topological polar surface area (TPSA) is 137 Å². The highest BCUT2D eigenvalue weighted by Crippen LogP contribution is 2.37. The minimum atomic E-state index is -0.654. The molecule has 126 valence electrons. The number of thiol groups is 1. The van der Waals surface area contributed by atoms with Gasteiger partial charge in [-0.1, -0.05) is 19.8 Å². The maximum Gasteiger partial charge on any atom is 0.241 e. The number of hydrazine groups is 1. The molecule has 9 nitrogen and oxygen atoms in total. The molecule has 0 amide bonds. The molecule has 1 fully saturated rings. The van der Waals surface area contributed by atoms with Crippen molar-refractivity contribution in [3.8, 4) is 0 Å². The van der Waals surface area contributed by atoms with Gasteiger partial charge in [0.1, 0.15) is 5.52 Å². The van der Waals surface area contributed by atoms with E-state index >= 15 is 0 Å². The van der Waals surface area contributed by atoms with Gasteiger partial charge in [-0.25, -0.2) is 10.8 Å². The van der Waals surface area contributed by atoms with Gasteiger partial charge < -0.3 is 15.6 Å². The van der Waals surface area contributed by atoms with Crippen LogP contribution >= 0.6 is 12.6 Å². The lowest BCUT2D eigenvalue weighted by atomic mass is 10.1. The molecule has 0 spiro atoms. The predicted octanol–water partition coefficient (Wildman–Crippen LogP) is 0.441. The molecule has 2 aromatic heterocycles. The van der Waals surface area contributed by atoms with Crippen LogP contribution in [0.15, 0.2) is 6.33 Å². The van der Waals surface area contributed by atoms with E-state index in [9.17, 15) is 5.11 Å². The highest BCUT2D eigenvalue weighted by Gasteiger charge is 2.42. The molecule has 23 heavy (non-hydrogen) atoms. The first-order valence-electron chi connectivity index (χ1n) is 7.55. The largest absolute Gasteiger partial charge is 0.389 e. The molecule has 0 aliphatic carbocycles. The van der Waals surface area contributed by atoms with Crippen LogP contribution in [0.4, 0.5) is 11.8 Å². The Kier molecular flexibility index (Phi) is 4.57. The number of aliphatic hydroxyl groups is 1. The second kappa shape index (κ2) is 6.48. The second-order valence-corrected chi connectivity index (χ2v) is 6.19. The molecular formula is C13H21N7O2S. The summed E-state index contributed by atoms with van der Waals surface area (Å²) in [5, 5.41) is 9.97. The summed E-state index contributed by atoms with van der Waals surface area (Å²) < 4.78 is 7.71. The number of aromatic nitrogens is 4. The molecule has 0 bridgehead atoms. The number of fused-ring (bicyclic) bond motifs is 1. The zero-order valence-corrected chi connectivity index (χ0v) is 13.6. The molecule has 0 radical (unpaired) electrons. The summed E-state index contributed by atoms with van der Waals surface area (Å²) in [5.41, 5.74) is 9.18. The number of ether oxygens (including phenoxy) is 1. The standard InChI is InChI=1S/C13H21N7O2S/c1-2-3-4-6-8(21)9(23)12(22-6)20-5-16-7-10(14)17-13(19-15)18-11(7)20/h5-6,8-9,12,21,23H,2-4,15H2,1H3,(H3,14,17,18,19)/t6-,8-,9-,12-/m1/s1. The zero-order chi connectivity index (χ0) is 16.6. The first-order chi connectivity index (χ1) is 11.1. The normalized spacial score (nSPS) is 27.7. The average Bonchev–Trinajstić information content (AvgIpc) is 3.08. The van der Waals surface area contributed by atoms with Gasteiger partial charge in [0, 0.05) is 0 Å². The lowest BCUT2D eigenvalue weighted by Gasteiger charge is -2.17. The Balaban J connectivity index is 1.95. The number of hydrogen-bond donors (Lipinski definition) is 5. The molecular weight excluding hydrogens is 318 g/mol. The molecule has 0 saturated carbocycles. The van der Waals surface area contributed by atoms with E-state index in [-0.39, 0.29) is 23.1 Å². The van der Waals surface area contributed by atoms with E-state index in [0.29, 0.717) is 11.2 Å². The van der Waals surface area contributed by atoms with Gasteiger partial charge in [0.15, 0.2) is 17.7 Å². The van der Waals surface area contributed by atoms with Gasteiger partial charge >= 0.3 is 0 Å². The third kappa shape index (κ3) is 2.82. The molecule has 1 aliphatic heterocycles. The fourth-order valence-corrected chi connectivity index (χ4v) is 3.20. The summed E-state index contributed by atoms with van der Waals surface area (Å²) in [6, 6.07) is 0. The van der Waals surface area contributed by atoms with Crippen LogP contribution in [0.2, 0.25) is 0 Å². The van der Waals surface area contributed by atoms with Gasteiger partial charge in [0.2, 0.25) is 5.95 Å². The SMILES string of the molecule is CCCC[C@H]1O[C@@H](n2cnc3c(N)nc(NN)nc32)[C@H](S)[C@@H]1O. The van der Waals surface area contributed by atoms with Gasteiger partial charge in [-0.3, -0.25) is 9.99 Å². The van der Waals surface area contributed by atoms with Crippen LogP contribution in [0, 0.1) is 0 Å². The third-order valence-corrected chi connectivity index (χ3v) is 4.59. The zero-order valence-electron chi connectivity index (χ0n) is 12.8. The lowest BCUT2D eigenvalue weighted by molar-refractivity contribution is -0.0214. The maximum atomic E-state index is 10.4. The first-order valence-corrected chi connectivity index (χ1v) is 8.06. The Bertz CT molecular complexity index is 694. The number of rotatable bonds is 5. The highest BCUT2D eigenvalue weighted by molar-refractivity contribution is 7.81. The van der Waals surface area contributed by atoms with Gasteiger partial charge in [-0.2, -0.15) is 22.6 Å². The molecule has 10 heteroatoms. The Hall–Kier alpha value is -1.62. The Morgan fingerprint density at radius 3 is 2.96 bits per heavy atom. The van der Waals surface area contributed by atoms with E-state index in [2.05, 4.69) is 39.9 Å². The van der Waals surface area contributed by atoms with Gasteiger partial charge in [0.25, 0.3) is 0 Å². The van der Waals surface area contributed by atoms with Gasteiger partial charge in [-0.05, 0) is 6.42 Å². The number of imidazole rings is 1. The van der Waals surface area contributed by atoms with Crippen LogP contribution < -0.4 is 17.0 Å². The maximum absolute atomic E-state index is 10.4. The van der Waals surface area contributed by atoms with Crippen LogP contribution in [0.25, 0.3) is 11.2 Å². The monoisotopic (exact) mass is 339 g/mol. The molecule has 0 aromatic carbocycles. The molecule has 3 rings (SSSR count). The van der Waals surface area contributed by atoms with E-state index in [1.807, 2.05) is 0 Å². The van der Waals surface area contributed by atoms with Crippen molar-refractivity contribution in [2.45, 2.75) is 49.9 Å². The van der Waals surface area contributed by atoms with Crippen molar-refractivity contribution in [2.75, 3.05) is 11.2 Å². The number of nitrogen functional groups attached to an aromatic ring is 2. The second-order valence-electron chi connectivity index (χ2n) is 5.59. The van der Waals surface area contributed by atoms with Crippen LogP contribution in [0.5, 0.6) is 0 Å². The summed E-state index contributed by atoms with van der Waals surface area (Å²) in [7, 11) is 0. The summed E-state index contributed by atoms with van der Waals surface area (Å²) >= 11 is 4.51. The van der Waals surface area contributed by atoms with Crippen molar-refractivity contribution in [1.29, 1.82) is 0 Å². The van der Waals surface area contributed by atoms with Crippen molar-refractivity contribution in [3.63, 3.8) is 0 Å². The fourth-order valence-electron chi connectivity index (χ4n) is 2.79. The van der Waals surface area contributed by atoms with Crippen molar-refractivity contribution in [1.82, 2.24) is 19.5 Å². The van der Waals surface area contributed by atoms with Crippen molar-refractivity contribution in [3.05, 3.63) is 6.33 Å². The minimum absolute atomic E-state index is 0.188. The number of unbranched alkanes of at least 4 members (excludes halogenated alkanes) is 1. The van der Waals surface area contributed by atoms with Crippen LogP contribution in [0.1, 0.15) is 32.4 Å². The first kappa shape index (κ1) is 16.2. The minimum Gasteiger partial charge on any atom is -0.389 e. The molecule has 1 saturated heterocycles. The van der Waals surface area contributed by atoms with Crippen molar-refractivity contribution in [2.24, 2.45) is 5.84 Å². The number of hydrogen-bond acceptors (Lipinski definition) is 9. The quantitative estimate of drug-likeness (QED) is 0.301. The van der Waals surface area contributed by atoms with Gasteiger partial charge in [0.05, 0.1) is 23.8 Å². The Morgan fingerprint density at radius 1 is 1.48 bits per heavy atom. The number of nitrogens with one attached hydrogen (secondary N) is 1. The number of aliphatic hydroxyl groups excluding tert-OH is 1. The Labute approximate surface area is 138 Å². The molecule has 3 heterocycles. The third-order valence-electron chi connectivity index (χ3n) is 4.03. The summed E-state index contributed by atoms with van der Waals surface area (Å²) in [6.07, 6.45) is 2.97. The number of nitrogens with zero attached hydrogens (tertiary/aromatic N) is 4. The highest BCUT2D eigenvalue weighted by atomic mass is 32.1. The van der Waals surface area contributed by atoms with E-state index < -0.39 is 12.3 Å². The van der Waals surface area contributed by atoms with E-state index in [1.54, 1.807) is 10.9 Å².